The molecule has 106 valence electrons. The molecule has 1 atom stereocenters. The molecule has 0 aliphatic heterocycles. The van der Waals surface area contributed by atoms with Crippen LogP contribution in [0.25, 0.3) is 0 Å². The van der Waals surface area contributed by atoms with E-state index in [-0.39, 0.29) is 5.91 Å². The number of nitrogens with one attached hydrogen (secondary N) is 1. The topological polar surface area (TPSA) is 58.4 Å². The first-order valence-electron chi connectivity index (χ1n) is 6.20. The second kappa shape index (κ2) is 6.75. The summed E-state index contributed by atoms with van der Waals surface area (Å²) in [5.41, 5.74) is 6.62. The van der Waals surface area contributed by atoms with Crippen LogP contribution < -0.4 is 11.1 Å². The Morgan fingerprint density at radius 3 is 2.58 bits per heavy atom. The van der Waals surface area contributed by atoms with E-state index in [9.17, 15) is 9.18 Å². The zero-order chi connectivity index (χ0) is 14.6. The number of halogens is 2. The number of nitrogen functional groups attached to an aromatic ring is 1. The van der Waals surface area contributed by atoms with Crippen molar-refractivity contribution in [3.05, 3.63) is 22.4 Å². The van der Waals surface area contributed by atoms with Gasteiger partial charge >= 0.3 is 0 Å². The van der Waals surface area contributed by atoms with Crippen LogP contribution in [0.5, 0.6) is 0 Å². The number of carbonyl (C=O) groups is 1. The number of rotatable bonds is 5. The number of nitrogens with two attached hydrogens (primary N) is 1. The van der Waals surface area contributed by atoms with Gasteiger partial charge in [0, 0.05) is 19.2 Å². The Labute approximate surface area is 121 Å². The van der Waals surface area contributed by atoms with Crippen LogP contribution in [-0.2, 0) is 4.79 Å². The molecule has 19 heavy (non-hydrogen) atoms. The van der Waals surface area contributed by atoms with Crippen LogP contribution in [0.1, 0.15) is 20.8 Å². The van der Waals surface area contributed by atoms with Crippen molar-refractivity contribution in [2.24, 2.45) is 0 Å². The van der Waals surface area contributed by atoms with Crippen LogP contribution in [0.4, 0.5) is 15.8 Å². The summed E-state index contributed by atoms with van der Waals surface area (Å²) >= 11 is 3.06. The molecule has 1 rings (SSSR count). The van der Waals surface area contributed by atoms with Crippen LogP contribution in [0.3, 0.4) is 0 Å². The number of likely N-dealkylation sites (N-methyl/N-ethyl adjacent to an activating group) is 1. The fourth-order valence-corrected chi connectivity index (χ4v) is 2.15. The quantitative estimate of drug-likeness (QED) is 0.815. The van der Waals surface area contributed by atoms with Gasteiger partial charge in [-0.2, -0.15) is 0 Å². The first-order valence-corrected chi connectivity index (χ1v) is 6.99. The lowest BCUT2D eigenvalue weighted by molar-refractivity contribution is -0.131. The molecule has 1 aromatic carbocycles. The first kappa shape index (κ1) is 15.8. The van der Waals surface area contributed by atoms with Crippen molar-refractivity contribution in [3.8, 4) is 0 Å². The van der Waals surface area contributed by atoms with Gasteiger partial charge in [-0.3, -0.25) is 4.79 Å². The predicted molar refractivity (Wildman–Crippen MR) is 79.5 cm³/mol. The number of nitrogens with zero attached hydrogens (tertiary/aromatic N) is 1. The third kappa shape index (κ3) is 3.83. The second-order valence-electron chi connectivity index (χ2n) is 4.23. The minimum atomic E-state index is -0.456. The Morgan fingerprint density at radius 1 is 1.47 bits per heavy atom. The number of hydrogen-bond acceptors (Lipinski definition) is 3. The molecule has 0 spiro atoms. The number of amides is 1. The van der Waals surface area contributed by atoms with Crippen LogP contribution in [0.15, 0.2) is 16.6 Å². The van der Waals surface area contributed by atoms with Gasteiger partial charge in [-0.1, -0.05) is 0 Å². The highest BCUT2D eigenvalue weighted by atomic mass is 79.9. The average molecular weight is 332 g/mol. The van der Waals surface area contributed by atoms with E-state index in [2.05, 4.69) is 21.2 Å². The van der Waals surface area contributed by atoms with Gasteiger partial charge in [-0.25, -0.2) is 4.39 Å². The Hall–Kier alpha value is -1.30. The van der Waals surface area contributed by atoms with Crippen molar-refractivity contribution in [1.82, 2.24) is 4.90 Å². The molecular formula is C13H19BrFN3O. The molecule has 3 N–H and O–H groups in total. The highest BCUT2D eigenvalue weighted by Gasteiger charge is 2.19. The fourth-order valence-electron chi connectivity index (χ4n) is 1.79. The SMILES string of the molecule is CCN(CC)C(=O)C(C)Nc1cc(F)c(Br)cc1N. The number of hydrogen-bond donors (Lipinski definition) is 2. The van der Waals surface area contributed by atoms with E-state index in [1.807, 2.05) is 13.8 Å². The van der Waals surface area contributed by atoms with Gasteiger partial charge in [0.25, 0.3) is 0 Å². The summed E-state index contributed by atoms with van der Waals surface area (Å²) in [6.07, 6.45) is 0. The molecule has 1 amide bonds. The van der Waals surface area contributed by atoms with Crippen molar-refractivity contribution in [2.75, 3.05) is 24.1 Å². The van der Waals surface area contributed by atoms with E-state index in [1.54, 1.807) is 11.8 Å². The summed E-state index contributed by atoms with van der Waals surface area (Å²) in [6, 6.07) is 2.31. The molecule has 0 aromatic heterocycles. The van der Waals surface area contributed by atoms with E-state index in [1.165, 1.54) is 12.1 Å². The maximum atomic E-state index is 13.5. The summed E-state index contributed by atoms with van der Waals surface area (Å²) < 4.78 is 13.8. The van der Waals surface area contributed by atoms with Gasteiger partial charge in [0.15, 0.2) is 0 Å². The molecule has 0 saturated carbocycles. The average Bonchev–Trinajstić information content (AvgIpc) is 2.37. The number of anilines is 2. The minimum absolute atomic E-state index is 0.0345. The Balaban J connectivity index is 2.85. The molecule has 0 fully saturated rings. The van der Waals surface area contributed by atoms with Gasteiger partial charge < -0.3 is 16.0 Å². The summed E-state index contributed by atoms with van der Waals surface area (Å²) in [5.74, 6) is -0.452. The molecule has 6 heteroatoms. The van der Waals surface area contributed by atoms with Gasteiger partial charge in [-0.15, -0.1) is 0 Å². The lowest BCUT2D eigenvalue weighted by Crippen LogP contribution is -2.41. The lowest BCUT2D eigenvalue weighted by atomic mass is 10.2. The standard InChI is InChI=1S/C13H19BrFN3O/c1-4-18(5-2)13(19)8(3)17-12-7-10(15)9(14)6-11(12)16/h6-8,17H,4-5,16H2,1-3H3. The number of carbonyl (C=O) groups excluding carboxylic acids is 1. The normalized spacial score (nSPS) is 12.1. The Bertz CT molecular complexity index is 463. The second-order valence-corrected chi connectivity index (χ2v) is 5.08. The monoisotopic (exact) mass is 331 g/mol. The molecule has 0 bridgehead atoms. The molecule has 0 aliphatic rings. The summed E-state index contributed by atoms with van der Waals surface area (Å²) in [5, 5.41) is 2.95. The van der Waals surface area contributed by atoms with E-state index in [4.69, 9.17) is 5.73 Å². The molecule has 4 nitrogen and oxygen atoms in total. The van der Waals surface area contributed by atoms with Gasteiger partial charge in [0.1, 0.15) is 11.9 Å². The van der Waals surface area contributed by atoms with Crippen molar-refractivity contribution in [1.29, 1.82) is 0 Å². The van der Waals surface area contributed by atoms with Crippen molar-refractivity contribution >= 4 is 33.2 Å². The lowest BCUT2D eigenvalue weighted by Gasteiger charge is -2.24. The Morgan fingerprint density at radius 2 is 2.05 bits per heavy atom. The maximum absolute atomic E-state index is 13.5. The zero-order valence-electron chi connectivity index (χ0n) is 11.3. The summed E-state index contributed by atoms with van der Waals surface area (Å²) in [7, 11) is 0. The molecule has 1 aromatic rings. The fraction of sp³-hybridized carbons (Fsp3) is 0.462. The number of benzene rings is 1. The van der Waals surface area contributed by atoms with Crippen molar-refractivity contribution < 1.29 is 9.18 Å². The molecule has 1 unspecified atom stereocenters. The highest BCUT2D eigenvalue weighted by molar-refractivity contribution is 9.10. The van der Waals surface area contributed by atoms with E-state index in [0.29, 0.717) is 28.9 Å². The molecule has 0 heterocycles. The largest absolute Gasteiger partial charge is 0.397 e. The van der Waals surface area contributed by atoms with Crippen molar-refractivity contribution in [2.45, 2.75) is 26.8 Å². The van der Waals surface area contributed by atoms with Crippen molar-refractivity contribution in [3.63, 3.8) is 0 Å². The van der Waals surface area contributed by atoms with E-state index in [0.717, 1.165) is 0 Å². The molecular weight excluding hydrogens is 313 g/mol. The van der Waals surface area contributed by atoms with Gasteiger partial charge in [0.2, 0.25) is 5.91 Å². The third-order valence-corrected chi connectivity index (χ3v) is 3.52. The first-order chi connectivity index (χ1) is 8.90. The molecule has 0 aliphatic carbocycles. The van der Waals surface area contributed by atoms with E-state index >= 15 is 0 Å². The third-order valence-electron chi connectivity index (χ3n) is 2.91. The van der Waals surface area contributed by atoms with Crippen LogP contribution in [-0.4, -0.2) is 29.9 Å². The predicted octanol–water partition coefficient (Wildman–Crippen LogP) is 2.84. The van der Waals surface area contributed by atoms with Crippen LogP contribution in [0.2, 0.25) is 0 Å². The molecule has 0 saturated heterocycles. The van der Waals surface area contributed by atoms with Gasteiger partial charge in [0.05, 0.1) is 15.8 Å². The maximum Gasteiger partial charge on any atom is 0.244 e. The van der Waals surface area contributed by atoms with E-state index < -0.39 is 11.9 Å². The van der Waals surface area contributed by atoms with Gasteiger partial charge in [-0.05, 0) is 42.8 Å². The smallest absolute Gasteiger partial charge is 0.244 e. The minimum Gasteiger partial charge on any atom is -0.397 e. The summed E-state index contributed by atoms with van der Waals surface area (Å²) in [6.45, 7) is 6.86. The molecule has 0 radical (unpaired) electrons. The highest BCUT2D eigenvalue weighted by Crippen LogP contribution is 2.27. The summed E-state index contributed by atoms with van der Waals surface area (Å²) in [4.78, 5) is 13.8. The zero-order valence-corrected chi connectivity index (χ0v) is 12.9. The Kier molecular flexibility index (Phi) is 5.60. The van der Waals surface area contributed by atoms with Crippen LogP contribution >= 0.6 is 15.9 Å². The van der Waals surface area contributed by atoms with Crippen LogP contribution in [0, 0.1) is 5.82 Å².